The molecule has 81 heavy (non-hydrogen) atoms. The van der Waals surface area contributed by atoms with Crippen LogP contribution in [0.2, 0.25) is 0 Å². The monoisotopic (exact) mass is 1100 g/mol. The molecule has 5 aliphatic heterocycles. The number of nitriles is 2. The molecule has 0 bridgehead atoms. The van der Waals surface area contributed by atoms with E-state index in [9.17, 15) is 20.1 Å². The first-order valence-electron chi connectivity index (χ1n) is 27.3. The number of anilines is 6. The maximum absolute atomic E-state index is 13.2. The maximum Gasteiger partial charge on any atom is 0.312 e. The Labute approximate surface area is 468 Å². The smallest absolute Gasteiger partial charge is 0.312 e. The fourth-order valence-electron chi connectivity index (χ4n) is 10.3. The number of hydrogen-bond acceptors (Lipinski definition) is 21. The molecule has 11 rings (SSSR count). The Balaban J connectivity index is 0.676. The van der Waals surface area contributed by atoms with Crippen molar-refractivity contribution in [1.29, 1.82) is 10.5 Å². The Kier molecular flexibility index (Phi) is 17.1. The van der Waals surface area contributed by atoms with Gasteiger partial charge in [0.15, 0.2) is 17.5 Å². The van der Waals surface area contributed by atoms with Crippen LogP contribution in [0.5, 0.6) is 11.5 Å². The van der Waals surface area contributed by atoms with E-state index in [1.807, 2.05) is 24.3 Å². The molecular weight excluding hydrogens is 1030 g/mol. The normalized spacial score (nSPS) is 17.9. The number of benzene rings is 4. The molecule has 4 aromatic carbocycles. The van der Waals surface area contributed by atoms with Crippen molar-refractivity contribution in [3.8, 4) is 46.4 Å². The van der Waals surface area contributed by atoms with E-state index in [2.05, 4.69) is 86.9 Å². The second kappa shape index (κ2) is 25.6. The van der Waals surface area contributed by atoms with Crippen LogP contribution < -0.4 is 41.0 Å². The molecule has 1 atom stereocenters. The highest BCUT2D eigenvalue weighted by molar-refractivity contribution is 5.78. The number of carbonyl (C=O) groups is 2. The second-order valence-corrected chi connectivity index (χ2v) is 20.4. The van der Waals surface area contributed by atoms with Gasteiger partial charge >= 0.3 is 6.03 Å². The Morgan fingerprint density at radius 2 is 1.23 bits per heavy atom. The fourth-order valence-corrected chi connectivity index (χ4v) is 10.3. The van der Waals surface area contributed by atoms with E-state index in [-0.39, 0.29) is 62.7 Å². The van der Waals surface area contributed by atoms with Crippen molar-refractivity contribution in [1.82, 2.24) is 49.9 Å². The van der Waals surface area contributed by atoms with Gasteiger partial charge in [-0.15, -0.1) is 0 Å². The van der Waals surface area contributed by atoms with Crippen LogP contribution in [-0.4, -0.2) is 187 Å². The van der Waals surface area contributed by atoms with Crippen molar-refractivity contribution in [2.24, 2.45) is 11.7 Å². The van der Waals surface area contributed by atoms with Crippen LogP contribution in [0.25, 0.3) is 22.8 Å². The standard InChI is InChI=1S/C57H63N17O7/c58-28-41-27-40(2-11-49(41)80-23-13-61-55(60)76)54-66-51(67-57(69-54)65-44-5-9-46(10-6-44)71-16-20-73(21-17-71)48-34-79-35-48)36-77-24-22-74-30-38(25-52(74)75)31-81-50-12-1-39(26-42(50)29-59)53-62-37-63-56(68-53)64-43-3-7-45(8-4-43)70-14-18-72(19-15-70)47-32-78-33-47/h1-12,26-27,37-38,47-48H,13-25,30-36H2,(H3,60,61,76)(H,62,63,64,68)(H,65,66,67,69). The van der Waals surface area contributed by atoms with E-state index < -0.39 is 6.03 Å². The Morgan fingerprint density at radius 3 is 1.80 bits per heavy atom. The molecule has 0 spiro atoms. The summed E-state index contributed by atoms with van der Waals surface area (Å²) in [6, 6.07) is 31.4. The van der Waals surface area contributed by atoms with Crippen LogP contribution in [-0.2, 0) is 25.6 Å². The number of amides is 3. The zero-order valence-corrected chi connectivity index (χ0v) is 44.8. The summed E-state index contributed by atoms with van der Waals surface area (Å²) in [6.45, 7) is 12.6. The van der Waals surface area contributed by atoms with Gasteiger partial charge in [0, 0.05) is 112 Å². The molecule has 24 heteroatoms. The van der Waals surface area contributed by atoms with Gasteiger partial charge in [0.05, 0.1) is 69.4 Å². The molecule has 5 saturated heterocycles. The summed E-state index contributed by atoms with van der Waals surface area (Å²) in [5.41, 5.74) is 10.8. The largest absolute Gasteiger partial charge is 0.492 e. The predicted molar refractivity (Wildman–Crippen MR) is 299 cm³/mol. The van der Waals surface area contributed by atoms with Crippen molar-refractivity contribution < 1.29 is 33.3 Å². The molecule has 418 valence electrons. The first-order chi connectivity index (χ1) is 39.7. The Bertz CT molecular complexity index is 3250. The Morgan fingerprint density at radius 1 is 0.667 bits per heavy atom. The number of hydrogen-bond donors (Lipinski definition) is 4. The van der Waals surface area contributed by atoms with Crippen molar-refractivity contribution in [3.05, 3.63) is 108 Å². The highest BCUT2D eigenvalue weighted by Gasteiger charge is 2.32. The van der Waals surface area contributed by atoms with Gasteiger partial charge in [-0.1, -0.05) is 0 Å². The SMILES string of the molecule is N#Cc1cc(-c2nc(COCCN3CC(COc4ccc(-c5ncnc(Nc6ccc(N7CCN(C8COC8)CC7)cc6)n5)cc4C#N)CC3=O)nc(Nc3ccc(N4CCN(C5COC5)CC4)cc3)n2)ccc1OCCNC(N)=O. The second-order valence-electron chi connectivity index (χ2n) is 20.4. The summed E-state index contributed by atoms with van der Waals surface area (Å²) in [7, 11) is 0. The van der Waals surface area contributed by atoms with Gasteiger partial charge in [0.2, 0.25) is 17.8 Å². The lowest BCUT2D eigenvalue weighted by Crippen LogP contribution is -2.56. The summed E-state index contributed by atoms with van der Waals surface area (Å²) in [6.07, 6.45) is 1.72. The average Bonchev–Trinajstić information content (AvgIpc) is 3.83. The highest BCUT2D eigenvalue weighted by Crippen LogP contribution is 2.30. The average molecular weight is 1100 g/mol. The number of rotatable bonds is 22. The van der Waals surface area contributed by atoms with Crippen LogP contribution >= 0.6 is 0 Å². The van der Waals surface area contributed by atoms with E-state index in [1.54, 1.807) is 41.3 Å². The molecule has 3 amide bonds. The molecular formula is C57H63N17O7. The molecule has 6 aromatic rings. The van der Waals surface area contributed by atoms with Crippen molar-refractivity contribution in [2.45, 2.75) is 25.1 Å². The molecule has 5 aliphatic rings. The number of nitrogens with one attached hydrogen (secondary N) is 3. The lowest BCUT2D eigenvalue weighted by atomic mass is 10.1. The van der Waals surface area contributed by atoms with Gasteiger partial charge in [-0.3, -0.25) is 14.6 Å². The summed E-state index contributed by atoms with van der Waals surface area (Å²) >= 11 is 0. The molecule has 1 unspecified atom stereocenters. The van der Waals surface area contributed by atoms with E-state index in [0.717, 1.165) is 95.8 Å². The first-order valence-corrected chi connectivity index (χ1v) is 27.3. The van der Waals surface area contributed by atoms with Crippen molar-refractivity contribution in [2.75, 3.05) is 139 Å². The molecule has 24 nitrogen and oxygen atoms in total. The molecule has 0 radical (unpaired) electrons. The van der Waals surface area contributed by atoms with Gasteiger partial charge < -0.3 is 60.1 Å². The van der Waals surface area contributed by atoms with Gasteiger partial charge in [0.25, 0.3) is 0 Å². The molecule has 5 fully saturated rings. The summed E-state index contributed by atoms with van der Waals surface area (Å²) < 4.78 is 28.8. The zero-order chi connectivity index (χ0) is 55.5. The minimum Gasteiger partial charge on any atom is -0.492 e. The first kappa shape index (κ1) is 54.2. The van der Waals surface area contributed by atoms with Crippen LogP contribution in [0.3, 0.4) is 0 Å². The van der Waals surface area contributed by atoms with Crippen molar-refractivity contribution >= 4 is 46.6 Å². The summed E-state index contributed by atoms with van der Waals surface area (Å²) in [5.74, 6) is 2.27. The van der Waals surface area contributed by atoms with Gasteiger partial charge in [-0.2, -0.15) is 25.5 Å². The van der Waals surface area contributed by atoms with E-state index >= 15 is 0 Å². The number of piperazine rings is 2. The van der Waals surface area contributed by atoms with Crippen LogP contribution in [0.1, 0.15) is 23.4 Å². The molecule has 0 aliphatic carbocycles. The third-order valence-corrected chi connectivity index (χ3v) is 15.0. The minimum atomic E-state index is -0.672. The number of primary amides is 1. The van der Waals surface area contributed by atoms with E-state index in [0.29, 0.717) is 76.8 Å². The predicted octanol–water partition coefficient (Wildman–Crippen LogP) is 4.15. The summed E-state index contributed by atoms with van der Waals surface area (Å²) in [4.78, 5) is 63.4. The molecule has 7 heterocycles. The quantitative estimate of drug-likeness (QED) is 0.0695. The number of urea groups is 1. The number of ether oxygens (including phenoxy) is 5. The summed E-state index contributed by atoms with van der Waals surface area (Å²) in [5, 5.41) is 29.3. The number of nitrogens with zero attached hydrogens (tertiary/aromatic N) is 13. The van der Waals surface area contributed by atoms with Gasteiger partial charge in [0.1, 0.15) is 43.2 Å². The number of aromatic nitrogens is 6. The van der Waals surface area contributed by atoms with Gasteiger partial charge in [-0.25, -0.2) is 19.7 Å². The van der Waals surface area contributed by atoms with Crippen LogP contribution in [0, 0.1) is 28.6 Å². The lowest BCUT2D eigenvalue weighted by Gasteiger charge is -2.43. The van der Waals surface area contributed by atoms with E-state index in [1.165, 1.54) is 12.0 Å². The fraction of sp³-hybridized carbons (Fsp3) is 0.404. The topological polar surface area (TPSA) is 284 Å². The van der Waals surface area contributed by atoms with Crippen LogP contribution in [0.15, 0.2) is 91.3 Å². The molecule has 2 aromatic heterocycles. The number of carbonyl (C=O) groups excluding carboxylic acids is 2. The van der Waals surface area contributed by atoms with Crippen LogP contribution in [0.4, 0.5) is 39.4 Å². The van der Waals surface area contributed by atoms with E-state index in [4.69, 9.17) is 44.4 Å². The number of likely N-dealkylation sites (tertiary alicyclic amines) is 1. The lowest BCUT2D eigenvalue weighted by molar-refractivity contribution is -0.128. The third-order valence-electron chi connectivity index (χ3n) is 15.0. The molecule has 5 N–H and O–H groups in total. The minimum absolute atomic E-state index is 0.00867. The Hall–Kier alpha value is -8.78. The van der Waals surface area contributed by atoms with Gasteiger partial charge in [-0.05, 0) is 84.9 Å². The zero-order valence-electron chi connectivity index (χ0n) is 44.8. The van der Waals surface area contributed by atoms with Crippen molar-refractivity contribution in [3.63, 3.8) is 0 Å². The number of nitrogens with two attached hydrogens (primary N) is 1. The maximum atomic E-state index is 13.2. The highest BCUT2D eigenvalue weighted by atomic mass is 16.5. The molecule has 0 saturated carbocycles. The third kappa shape index (κ3) is 13.6.